The summed E-state index contributed by atoms with van der Waals surface area (Å²) < 4.78 is 18.7. The summed E-state index contributed by atoms with van der Waals surface area (Å²) >= 11 is 0. The minimum atomic E-state index is 0.158. The molecule has 6 heteroatoms. The zero-order valence-corrected chi connectivity index (χ0v) is 17.4. The van der Waals surface area contributed by atoms with E-state index in [4.69, 9.17) is 14.2 Å². The van der Waals surface area contributed by atoms with Gasteiger partial charge in [0.05, 0.1) is 13.2 Å². The second kappa shape index (κ2) is 8.43. The van der Waals surface area contributed by atoms with Gasteiger partial charge in [-0.15, -0.1) is 0 Å². The number of nitrogens with zero attached hydrogens (tertiary/aromatic N) is 2. The van der Waals surface area contributed by atoms with Gasteiger partial charge in [0, 0.05) is 48.9 Å². The van der Waals surface area contributed by atoms with Crippen LogP contribution in [0, 0.1) is 13.8 Å². The van der Waals surface area contributed by atoms with E-state index in [-0.39, 0.29) is 5.78 Å². The van der Waals surface area contributed by atoms with Crippen LogP contribution in [0.15, 0.2) is 35.9 Å². The van der Waals surface area contributed by atoms with Crippen molar-refractivity contribution in [2.75, 3.05) is 46.6 Å². The van der Waals surface area contributed by atoms with Gasteiger partial charge in [-0.1, -0.05) is 6.08 Å². The molecule has 0 radical (unpaired) electrons. The number of ether oxygens (including phenoxy) is 3. The van der Waals surface area contributed by atoms with Gasteiger partial charge in [-0.05, 0) is 44.0 Å². The van der Waals surface area contributed by atoms with E-state index in [1.54, 1.807) is 7.11 Å². The molecule has 29 heavy (non-hydrogen) atoms. The van der Waals surface area contributed by atoms with E-state index in [0.29, 0.717) is 26.4 Å². The molecule has 154 valence electrons. The van der Waals surface area contributed by atoms with Gasteiger partial charge in [0.25, 0.3) is 0 Å². The monoisotopic (exact) mass is 396 g/mol. The van der Waals surface area contributed by atoms with Crippen LogP contribution in [0.25, 0.3) is 5.69 Å². The predicted octanol–water partition coefficient (Wildman–Crippen LogP) is 3.33. The van der Waals surface area contributed by atoms with Crippen LogP contribution >= 0.6 is 0 Å². The van der Waals surface area contributed by atoms with Gasteiger partial charge in [-0.25, -0.2) is 0 Å². The average molecular weight is 396 g/mol. The topological polar surface area (TPSA) is 52.9 Å². The maximum Gasteiger partial charge on any atom is 0.178 e. The second-order valence-electron chi connectivity index (χ2n) is 7.65. The van der Waals surface area contributed by atoms with Gasteiger partial charge in [0.1, 0.15) is 13.2 Å². The van der Waals surface area contributed by atoms with Crippen LogP contribution < -0.4 is 9.47 Å². The zero-order valence-electron chi connectivity index (χ0n) is 17.4. The SMILES string of the molecule is COCC1=CCN(CC(=O)c2cc(C)n(-c3ccc4c(c3)OCCO4)c2C)CC1. The highest BCUT2D eigenvalue weighted by atomic mass is 16.6. The highest BCUT2D eigenvalue weighted by Crippen LogP contribution is 2.33. The number of rotatable bonds is 6. The Kier molecular flexibility index (Phi) is 5.74. The Hall–Kier alpha value is -2.57. The summed E-state index contributed by atoms with van der Waals surface area (Å²) in [6.07, 6.45) is 3.14. The number of carbonyl (C=O) groups is 1. The number of hydrogen-bond acceptors (Lipinski definition) is 5. The van der Waals surface area contributed by atoms with Crippen molar-refractivity contribution in [1.82, 2.24) is 9.47 Å². The van der Waals surface area contributed by atoms with E-state index in [0.717, 1.165) is 53.6 Å². The molecule has 1 aromatic carbocycles. The Morgan fingerprint density at radius 2 is 1.93 bits per heavy atom. The van der Waals surface area contributed by atoms with Crippen molar-refractivity contribution in [2.45, 2.75) is 20.3 Å². The Morgan fingerprint density at radius 3 is 2.66 bits per heavy atom. The van der Waals surface area contributed by atoms with Crippen LogP contribution in [0.1, 0.15) is 28.2 Å². The molecule has 0 fully saturated rings. The number of aromatic nitrogens is 1. The maximum absolute atomic E-state index is 13.0. The lowest BCUT2D eigenvalue weighted by Gasteiger charge is -2.25. The van der Waals surface area contributed by atoms with Crippen molar-refractivity contribution in [3.63, 3.8) is 0 Å². The molecule has 0 N–H and O–H groups in total. The molecule has 2 aliphatic heterocycles. The number of hydrogen-bond donors (Lipinski definition) is 0. The van der Waals surface area contributed by atoms with Crippen molar-refractivity contribution in [3.8, 4) is 17.2 Å². The molecule has 6 nitrogen and oxygen atoms in total. The molecule has 0 atom stereocenters. The van der Waals surface area contributed by atoms with Gasteiger partial charge < -0.3 is 18.8 Å². The van der Waals surface area contributed by atoms with Crippen LogP contribution in [0.4, 0.5) is 0 Å². The Labute approximate surface area is 171 Å². The van der Waals surface area contributed by atoms with Gasteiger partial charge in [0.2, 0.25) is 0 Å². The molecule has 1 aromatic heterocycles. The van der Waals surface area contributed by atoms with E-state index in [9.17, 15) is 4.79 Å². The van der Waals surface area contributed by atoms with Gasteiger partial charge in [0.15, 0.2) is 17.3 Å². The first-order valence-corrected chi connectivity index (χ1v) is 10.1. The minimum absolute atomic E-state index is 0.158. The molecule has 0 saturated carbocycles. The highest BCUT2D eigenvalue weighted by Gasteiger charge is 2.21. The molecule has 0 amide bonds. The summed E-state index contributed by atoms with van der Waals surface area (Å²) in [5.41, 5.74) is 5.06. The van der Waals surface area contributed by atoms with Gasteiger partial charge >= 0.3 is 0 Å². The first-order valence-electron chi connectivity index (χ1n) is 10.1. The zero-order chi connectivity index (χ0) is 20.4. The van der Waals surface area contributed by atoms with Crippen LogP contribution in [-0.4, -0.2) is 61.8 Å². The molecule has 0 saturated heterocycles. The number of ketones is 1. The van der Waals surface area contributed by atoms with Crippen molar-refractivity contribution in [2.24, 2.45) is 0 Å². The third-order valence-corrected chi connectivity index (χ3v) is 5.60. The predicted molar refractivity (Wildman–Crippen MR) is 112 cm³/mol. The van der Waals surface area contributed by atoms with Gasteiger partial charge in [-0.2, -0.15) is 0 Å². The van der Waals surface area contributed by atoms with Crippen LogP contribution in [0.5, 0.6) is 11.5 Å². The number of methoxy groups -OCH3 is 1. The third kappa shape index (κ3) is 4.09. The van der Waals surface area contributed by atoms with E-state index in [1.165, 1.54) is 5.57 Å². The summed E-state index contributed by atoms with van der Waals surface area (Å²) in [4.78, 5) is 15.2. The van der Waals surface area contributed by atoms with Crippen molar-refractivity contribution in [1.29, 1.82) is 0 Å². The number of benzene rings is 1. The molecule has 2 aromatic rings. The Morgan fingerprint density at radius 1 is 1.14 bits per heavy atom. The van der Waals surface area contributed by atoms with Crippen molar-refractivity contribution < 1.29 is 19.0 Å². The average Bonchev–Trinajstić information content (AvgIpc) is 3.03. The molecular formula is C23H28N2O4. The smallest absolute Gasteiger partial charge is 0.178 e. The largest absolute Gasteiger partial charge is 0.486 e. The van der Waals surface area contributed by atoms with E-state index in [1.807, 2.05) is 38.1 Å². The molecule has 2 aliphatic rings. The lowest BCUT2D eigenvalue weighted by molar-refractivity contribution is 0.0933. The minimum Gasteiger partial charge on any atom is -0.486 e. The number of Topliss-reactive ketones (excluding diaryl/α,β-unsaturated/α-hetero) is 1. The fourth-order valence-electron chi connectivity index (χ4n) is 4.12. The first-order chi connectivity index (χ1) is 14.1. The fraction of sp³-hybridized carbons (Fsp3) is 0.435. The number of fused-ring (bicyclic) bond motifs is 1. The summed E-state index contributed by atoms with van der Waals surface area (Å²) in [7, 11) is 1.72. The van der Waals surface area contributed by atoms with E-state index < -0.39 is 0 Å². The Bertz CT molecular complexity index is 945. The summed E-state index contributed by atoms with van der Waals surface area (Å²) in [6.45, 7) is 7.96. The molecule has 0 bridgehead atoms. The summed E-state index contributed by atoms with van der Waals surface area (Å²) in [5.74, 6) is 1.68. The van der Waals surface area contributed by atoms with Crippen LogP contribution in [-0.2, 0) is 4.74 Å². The van der Waals surface area contributed by atoms with E-state index >= 15 is 0 Å². The van der Waals surface area contributed by atoms with Crippen LogP contribution in [0.2, 0.25) is 0 Å². The van der Waals surface area contributed by atoms with Crippen molar-refractivity contribution in [3.05, 3.63) is 52.9 Å². The molecule has 0 unspecified atom stereocenters. The normalized spacial score (nSPS) is 16.6. The number of carbonyl (C=O) groups excluding carboxylic acids is 1. The summed E-state index contributed by atoms with van der Waals surface area (Å²) in [5, 5.41) is 0. The summed E-state index contributed by atoms with van der Waals surface area (Å²) in [6, 6.07) is 7.91. The van der Waals surface area contributed by atoms with Gasteiger partial charge in [-0.3, -0.25) is 9.69 Å². The first kappa shape index (κ1) is 19.7. The molecular weight excluding hydrogens is 368 g/mol. The standard InChI is InChI=1S/C23H28N2O4/c1-16-12-20(21(26)14-24-8-6-18(7-9-24)15-27-3)17(2)25(16)19-4-5-22-23(13-19)29-11-10-28-22/h4-6,12-13H,7-11,14-15H2,1-3H3. The Balaban J connectivity index is 1.52. The molecule has 3 heterocycles. The molecule has 0 spiro atoms. The number of aryl methyl sites for hydroxylation is 1. The van der Waals surface area contributed by atoms with E-state index in [2.05, 4.69) is 15.5 Å². The quantitative estimate of drug-likeness (QED) is 0.554. The fourth-order valence-corrected chi connectivity index (χ4v) is 4.12. The van der Waals surface area contributed by atoms with Crippen molar-refractivity contribution >= 4 is 5.78 Å². The third-order valence-electron chi connectivity index (χ3n) is 5.60. The lowest BCUT2D eigenvalue weighted by atomic mass is 10.1. The van der Waals surface area contributed by atoms with Crippen LogP contribution in [0.3, 0.4) is 0 Å². The molecule has 0 aliphatic carbocycles. The molecule has 4 rings (SSSR count). The second-order valence-corrected chi connectivity index (χ2v) is 7.65. The maximum atomic E-state index is 13.0. The highest BCUT2D eigenvalue weighted by molar-refractivity contribution is 5.99. The lowest BCUT2D eigenvalue weighted by Crippen LogP contribution is -2.34.